The van der Waals surface area contributed by atoms with Crippen LogP contribution in [0.5, 0.6) is 0 Å². The minimum Gasteiger partial charge on any atom is -0.390 e. The van der Waals surface area contributed by atoms with Crippen molar-refractivity contribution in [1.82, 2.24) is 0 Å². The van der Waals surface area contributed by atoms with Gasteiger partial charge in [0.2, 0.25) is 0 Å². The lowest BCUT2D eigenvalue weighted by Crippen LogP contribution is -2.50. The van der Waals surface area contributed by atoms with Gasteiger partial charge in [0.15, 0.2) is 0 Å². The van der Waals surface area contributed by atoms with E-state index in [2.05, 4.69) is 0 Å². The Morgan fingerprint density at radius 1 is 1.11 bits per heavy atom. The fourth-order valence-electron chi connectivity index (χ4n) is 2.97. The maximum atomic E-state index is 10.2. The van der Waals surface area contributed by atoms with Crippen LogP contribution in [0.3, 0.4) is 0 Å². The van der Waals surface area contributed by atoms with Crippen LogP contribution < -0.4 is 0 Å². The third-order valence-corrected chi connectivity index (χ3v) is 6.95. The first-order chi connectivity index (χ1) is 8.83. The SMILES string of the molecule is O[C@H]1C[C@H]2OCCC[C@@H]2O[C@@H]1CC1SCCCS1. The third-order valence-electron chi connectivity index (χ3n) is 3.95. The highest BCUT2D eigenvalue weighted by molar-refractivity contribution is 8.17. The van der Waals surface area contributed by atoms with Gasteiger partial charge in [0.05, 0.1) is 29.0 Å². The molecule has 3 fully saturated rings. The molecule has 0 aromatic rings. The van der Waals surface area contributed by atoms with Gasteiger partial charge in [0.25, 0.3) is 0 Å². The smallest absolute Gasteiger partial charge is 0.0862 e. The quantitative estimate of drug-likeness (QED) is 0.844. The summed E-state index contributed by atoms with van der Waals surface area (Å²) in [4.78, 5) is 0. The molecule has 5 heteroatoms. The molecule has 3 heterocycles. The maximum absolute atomic E-state index is 10.2. The number of aliphatic hydroxyl groups excluding tert-OH is 1. The molecule has 0 aliphatic carbocycles. The summed E-state index contributed by atoms with van der Waals surface area (Å²) in [5, 5.41) is 10.2. The Hall–Kier alpha value is 0.580. The van der Waals surface area contributed by atoms with Crippen molar-refractivity contribution in [2.45, 2.75) is 61.1 Å². The van der Waals surface area contributed by atoms with Gasteiger partial charge < -0.3 is 14.6 Å². The van der Waals surface area contributed by atoms with E-state index in [0.29, 0.717) is 4.58 Å². The minimum atomic E-state index is -0.340. The van der Waals surface area contributed by atoms with Gasteiger partial charge in [0.1, 0.15) is 0 Å². The molecule has 0 spiro atoms. The second kappa shape index (κ2) is 6.35. The molecule has 0 radical (unpaired) electrons. The van der Waals surface area contributed by atoms with Crippen LogP contribution in [0.1, 0.15) is 32.1 Å². The standard InChI is InChI=1S/C13H22O3S2/c14-9-7-12-10(3-1-4-15-12)16-11(9)8-13-17-5-2-6-18-13/h9-14H,1-8H2/t9-,10-,11+,12+/m0/s1. The van der Waals surface area contributed by atoms with E-state index >= 15 is 0 Å². The summed E-state index contributed by atoms with van der Waals surface area (Å²) >= 11 is 4.06. The van der Waals surface area contributed by atoms with Crippen LogP contribution in [0.15, 0.2) is 0 Å². The topological polar surface area (TPSA) is 38.7 Å². The van der Waals surface area contributed by atoms with Crippen LogP contribution >= 0.6 is 23.5 Å². The Morgan fingerprint density at radius 3 is 2.78 bits per heavy atom. The molecule has 3 saturated heterocycles. The van der Waals surface area contributed by atoms with Gasteiger partial charge in [-0.1, -0.05) is 0 Å². The van der Waals surface area contributed by atoms with E-state index in [1.807, 2.05) is 23.5 Å². The Balaban J connectivity index is 1.54. The molecule has 3 nitrogen and oxygen atoms in total. The summed E-state index contributed by atoms with van der Waals surface area (Å²) in [5.41, 5.74) is 0. The highest BCUT2D eigenvalue weighted by Gasteiger charge is 2.40. The highest BCUT2D eigenvalue weighted by atomic mass is 32.2. The summed E-state index contributed by atoms with van der Waals surface area (Å²) in [6.45, 7) is 0.830. The molecule has 3 aliphatic heterocycles. The predicted molar refractivity (Wildman–Crippen MR) is 76.2 cm³/mol. The zero-order valence-electron chi connectivity index (χ0n) is 10.6. The molecular weight excluding hydrogens is 268 g/mol. The molecule has 18 heavy (non-hydrogen) atoms. The fraction of sp³-hybridized carbons (Fsp3) is 1.00. The van der Waals surface area contributed by atoms with Crippen LogP contribution in [0, 0.1) is 0 Å². The number of aliphatic hydroxyl groups is 1. The molecule has 3 aliphatic rings. The monoisotopic (exact) mass is 290 g/mol. The average molecular weight is 290 g/mol. The first-order valence-corrected chi connectivity index (χ1v) is 9.11. The third kappa shape index (κ3) is 3.18. The summed E-state index contributed by atoms with van der Waals surface area (Å²) in [6, 6.07) is 0. The van der Waals surface area contributed by atoms with Gasteiger partial charge in [0, 0.05) is 13.0 Å². The molecule has 0 bridgehead atoms. The van der Waals surface area contributed by atoms with E-state index in [-0.39, 0.29) is 24.4 Å². The van der Waals surface area contributed by atoms with Crippen molar-refractivity contribution in [2.75, 3.05) is 18.1 Å². The van der Waals surface area contributed by atoms with Gasteiger partial charge >= 0.3 is 0 Å². The Bertz CT molecular complexity index is 269. The minimum absolute atomic E-state index is 0.0241. The molecule has 0 unspecified atom stereocenters. The normalized spacial score (nSPS) is 42.5. The lowest BCUT2D eigenvalue weighted by molar-refractivity contribution is -0.201. The van der Waals surface area contributed by atoms with E-state index in [0.717, 1.165) is 32.3 Å². The van der Waals surface area contributed by atoms with Crippen molar-refractivity contribution in [3.63, 3.8) is 0 Å². The Labute approximate surface area is 117 Å². The molecule has 104 valence electrons. The number of ether oxygens (including phenoxy) is 2. The zero-order valence-corrected chi connectivity index (χ0v) is 12.3. The van der Waals surface area contributed by atoms with Crippen LogP contribution in [0.25, 0.3) is 0 Å². The summed E-state index contributed by atoms with van der Waals surface area (Å²) in [5.74, 6) is 2.52. The largest absolute Gasteiger partial charge is 0.390 e. The van der Waals surface area contributed by atoms with Gasteiger partial charge in [-0.3, -0.25) is 0 Å². The lowest BCUT2D eigenvalue weighted by atomic mass is 9.93. The van der Waals surface area contributed by atoms with Gasteiger partial charge in [-0.25, -0.2) is 0 Å². The van der Waals surface area contributed by atoms with E-state index in [9.17, 15) is 5.11 Å². The first kappa shape index (κ1) is 13.6. The summed E-state index contributed by atoms with van der Waals surface area (Å²) in [6.07, 6.45) is 5.30. The number of thioether (sulfide) groups is 2. The Morgan fingerprint density at radius 2 is 1.94 bits per heavy atom. The lowest BCUT2D eigenvalue weighted by Gasteiger charge is -2.42. The molecular formula is C13H22O3S2. The summed E-state index contributed by atoms with van der Waals surface area (Å²) < 4.78 is 12.4. The predicted octanol–water partition coefficient (Wildman–Crippen LogP) is 2.27. The number of hydrogen-bond acceptors (Lipinski definition) is 5. The van der Waals surface area contributed by atoms with E-state index in [1.54, 1.807) is 0 Å². The van der Waals surface area contributed by atoms with Crippen molar-refractivity contribution in [2.24, 2.45) is 0 Å². The second-order valence-corrected chi connectivity index (χ2v) is 8.25. The number of rotatable bonds is 2. The van der Waals surface area contributed by atoms with Crippen molar-refractivity contribution in [1.29, 1.82) is 0 Å². The molecule has 1 N–H and O–H groups in total. The first-order valence-electron chi connectivity index (χ1n) is 7.01. The average Bonchev–Trinajstić information content (AvgIpc) is 2.41. The fourth-order valence-corrected chi connectivity index (χ4v) is 5.91. The molecule has 4 atom stereocenters. The van der Waals surface area contributed by atoms with Crippen molar-refractivity contribution in [3.05, 3.63) is 0 Å². The van der Waals surface area contributed by atoms with Crippen molar-refractivity contribution >= 4 is 23.5 Å². The molecule has 0 aromatic heterocycles. The highest BCUT2D eigenvalue weighted by Crippen LogP contribution is 2.38. The van der Waals surface area contributed by atoms with Gasteiger partial charge in [-0.15, -0.1) is 23.5 Å². The summed E-state index contributed by atoms with van der Waals surface area (Å²) in [7, 11) is 0. The van der Waals surface area contributed by atoms with E-state index < -0.39 is 0 Å². The van der Waals surface area contributed by atoms with Crippen molar-refractivity contribution < 1.29 is 14.6 Å². The Kier molecular flexibility index (Phi) is 4.79. The van der Waals surface area contributed by atoms with Crippen LogP contribution in [0.2, 0.25) is 0 Å². The van der Waals surface area contributed by atoms with Gasteiger partial charge in [-0.2, -0.15) is 0 Å². The van der Waals surface area contributed by atoms with Crippen LogP contribution in [0.4, 0.5) is 0 Å². The molecule has 3 rings (SSSR count). The van der Waals surface area contributed by atoms with E-state index in [1.165, 1.54) is 17.9 Å². The van der Waals surface area contributed by atoms with E-state index in [4.69, 9.17) is 9.47 Å². The molecule has 0 amide bonds. The van der Waals surface area contributed by atoms with Gasteiger partial charge in [-0.05, 0) is 37.2 Å². The van der Waals surface area contributed by atoms with Crippen LogP contribution in [-0.4, -0.2) is 52.2 Å². The van der Waals surface area contributed by atoms with Crippen LogP contribution in [-0.2, 0) is 9.47 Å². The second-order valence-electron chi connectivity index (χ2n) is 5.33. The molecule has 0 saturated carbocycles. The van der Waals surface area contributed by atoms with Crippen molar-refractivity contribution in [3.8, 4) is 0 Å². The zero-order chi connectivity index (χ0) is 12.4. The number of fused-ring (bicyclic) bond motifs is 1. The number of hydrogen-bond donors (Lipinski definition) is 1. The maximum Gasteiger partial charge on any atom is 0.0862 e. The molecule has 0 aromatic carbocycles.